The number of hydrogen-bond donors (Lipinski definition) is 3. The summed E-state index contributed by atoms with van der Waals surface area (Å²) in [7, 11) is 0. The number of ether oxygens (including phenoxy) is 1. The minimum Gasteiger partial charge on any atom is -0.450 e. The summed E-state index contributed by atoms with van der Waals surface area (Å²) >= 11 is 1.24. The lowest BCUT2D eigenvalue weighted by Crippen LogP contribution is -2.42. The summed E-state index contributed by atoms with van der Waals surface area (Å²) in [5, 5.41) is 10.4. The number of carbonyl (C=O) groups excluding carboxylic acids is 3. The van der Waals surface area contributed by atoms with Gasteiger partial charge in [-0.15, -0.1) is 11.3 Å². The van der Waals surface area contributed by atoms with Gasteiger partial charge in [0.15, 0.2) is 0 Å². The zero-order valence-electron chi connectivity index (χ0n) is 14.0. The predicted octanol–water partition coefficient (Wildman–Crippen LogP) is 1.36. The van der Waals surface area contributed by atoms with Crippen LogP contribution in [0.5, 0.6) is 0 Å². The molecule has 2 saturated heterocycles. The molecular formula is C16H22N4O4S. The molecule has 0 radical (unpaired) electrons. The molecule has 2 aliphatic heterocycles. The maximum absolute atomic E-state index is 12.5. The van der Waals surface area contributed by atoms with Crippen LogP contribution < -0.4 is 16.0 Å². The molecule has 3 heterocycles. The third-order valence-electron chi connectivity index (χ3n) is 4.38. The van der Waals surface area contributed by atoms with Gasteiger partial charge in [-0.2, -0.15) is 0 Å². The summed E-state index contributed by atoms with van der Waals surface area (Å²) in [6.45, 7) is 3.51. The molecule has 0 bridgehead atoms. The molecule has 2 unspecified atom stereocenters. The van der Waals surface area contributed by atoms with Crippen LogP contribution in [-0.2, 0) is 9.53 Å². The number of thiophene rings is 1. The number of nitrogens with zero attached hydrogens (tertiary/aromatic N) is 1. The lowest BCUT2D eigenvalue weighted by molar-refractivity contribution is -0.117. The molecule has 0 saturated carbocycles. The number of imide groups is 1. The molecule has 9 heteroatoms. The summed E-state index contributed by atoms with van der Waals surface area (Å²) in [4.78, 5) is 38.3. The van der Waals surface area contributed by atoms with Crippen LogP contribution in [0.25, 0.3) is 0 Å². The van der Waals surface area contributed by atoms with Crippen LogP contribution in [0.15, 0.2) is 11.4 Å². The van der Waals surface area contributed by atoms with Gasteiger partial charge < -0.3 is 10.1 Å². The molecule has 136 valence electrons. The van der Waals surface area contributed by atoms with Gasteiger partial charge >= 0.3 is 6.09 Å². The van der Waals surface area contributed by atoms with Crippen molar-refractivity contribution < 1.29 is 19.1 Å². The third-order valence-corrected chi connectivity index (χ3v) is 5.21. The zero-order valence-corrected chi connectivity index (χ0v) is 14.9. The van der Waals surface area contributed by atoms with E-state index in [1.807, 2.05) is 0 Å². The zero-order chi connectivity index (χ0) is 17.8. The molecular weight excluding hydrogens is 344 g/mol. The van der Waals surface area contributed by atoms with Crippen molar-refractivity contribution in [2.75, 3.05) is 25.0 Å². The molecule has 1 aromatic rings. The highest BCUT2D eigenvalue weighted by Crippen LogP contribution is 2.25. The fourth-order valence-electron chi connectivity index (χ4n) is 3.19. The van der Waals surface area contributed by atoms with E-state index in [0.717, 1.165) is 19.4 Å². The van der Waals surface area contributed by atoms with E-state index in [-0.39, 0.29) is 30.3 Å². The van der Waals surface area contributed by atoms with E-state index >= 15 is 0 Å². The van der Waals surface area contributed by atoms with Crippen molar-refractivity contribution in [2.24, 2.45) is 0 Å². The second-order valence-corrected chi connectivity index (χ2v) is 6.97. The molecule has 0 spiro atoms. The maximum Gasteiger partial charge on any atom is 0.414 e. The van der Waals surface area contributed by atoms with E-state index in [2.05, 4.69) is 20.9 Å². The number of alkyl carbamates (subject to hydrolysis) is 1. The number of carbonyl (C=O) groups is 3. The van der Waals surface area contributed by atoms with Gasteiger partial charge in [-0.05, 0) is 44.2 Å². The van der Waals surface area contributed by atoms with Gasteiger partial charge in [0.1, 0.15) is 11.0 Å². The second kappa shape index (κ2) is 7.94. The molecule has 3 amide bonds. The Morgan fingerprint density at radius 2 is 2.24 bits per heavy atom. The van der Waals surface area contributed by atoms with E-state index < -0.39 is 12.0 Å². The summed E-state index contributed by atoms with van der Waals surface area (Å²) < 4.78 is 4.70. The van der Waals surface area contributed by atoms with Crippen LogP contribution in [0.2, 0.25) is 0 Å². The number of piperidine rings is 1. The molecule has 0 aromatic carbocycles. The average molecular weight is 366 g/mol. The average Bonchev–Trinajstić information content (AvgIpc) is 3.21. The summed E-state index contributed by atoms with van der Waals surface area (Å²) in [5.74, 6) is -0.756. The highest BCUT2D eigenvalue weighted by Gasteiger charge is 2.36. The number of hydrogen-bond acceptors (Lipinski definition) is 7. The van der Waals surface area contributed by atoms with Crippen molar-refractivity contribution in [3.63, 3.8) is 0 Å². The summed E-state index contributed by atoms with van der Waals surface area (Å²) in [6.07, 6.45) is 2.85. The van der Waals surface area contributed by atoms with Crippen LogP contribution in [0.4, 0.5) is 9.80 Å². The number of rotatable bonds is 4. The normalized spacial score (nSPS) is 22.9. The van der Waals surface area contributed by atoms with Gasteiger partial charge in [0.25, 0.3) is 5.91 Å². The van der Waals surface area contributed by atoms with Crippen molar-refractivity contribution in [2.45, 2.75) is 38.4 Å². The largest absolute Gasteiger partial charge is 0.450 e. The summed E-state index contributed by atoms with van der Waals surface area (Å²) in [6, 6.07) is 1.27. The van der Waals surface area contributed by atoms with E-state index in [1.54, 1.807) is 18.4 Å². The Balaban J connectivity index is 1.60. The van der Waals surface area contributed by atoms with E-state index in [9.17, 15) is 14.4 Å². The Morgan fingerprint density at radius 3 is 3.00 bits per heavy atom. The van der Waals surface area contributed by atoms with Crippen LogP contribution in [0, 0.1) is 0 Å². The minimum absolute atomic E-state index is 0.165. The summed E-state index contributed by atoms with van der Waals surface area (Å²) in [5.41, 5.74) is 0.252. The highest BCUT2D eigenvalue weighted by atomic mass is 32.1. The van der Waals surface area contributed by atoms with Gasteiger partial charge in [0.2, 0.25) is 5.91 Å². The molecule has 1 aromatic heterocycles. The molecule has 2 fully saturated rings. The fourth-order valence-corrected chi connectivity index (χ4v) is 3.97. The molecule has 25 heavy (non-hydrogen) atoms. The number of anilines is 1. The quantitative estimate of drug-likeness (QED) is 0.744. The number of nitrogens with one attached hydrogen (secondary N) is 3. The molecule has 2 atom stereocenters. The SMILES string of the molecule is CCOC(=O)NC(=O)c1ccsc1NC(=O)C1CN2CCCCC2N1. The molecule has 2 aliphatic rings. The van der Waals surface area contributed by atoms with Crippen molar-refractivity contribution in [1.82, 2.24) is 15.5 Å². The van der Waals surface area contributed by atoms with Crippen molar-refractivity contribution >= 4 is 34.2 Å². The van der Waals surface area contributed by atoms with Crippen LogP contribution >= 0.6 is 11.3 Å². The number of fused-ring (bicyclic) bond motifs is 1. The first-order valence-corrected chi connectivity index (χ1v) is 9.33. The van der Waals surface area contributed by atoms with E-state index in [4.69, 9.17) is 4.74 Å². The van der Waals surface area contributed by atoms with Gasteiger partial charge in [0.05, 0.1) is 18.3 Å². The van der Waals surface area contributed by atoms with Crippen LogP contribution in [0.3, 0.4) is 0 Å². The lowest BCUT2D eigenvalue weighted by Gasteiger charge is -2.28. The fraction of sp³-hybridized carbons (Fsp3) is 0.562. The molecule has 3 N–H and O–H groups in total. The first-order valence-electron chi connectivity index (χ1n) is 8.45. The Bertz CT molecular complexity index is 648. The van der Waals surface area contributed by atoms with Crippen molar-refractivity contribution in [3.8, 4) is 0 Å². The standard InChI is InChI=1S/C16H22N4O4S/c1-2-24-16(23)19-13(21)10-6-8-25-15(10)18-14(22)11-9-20-7-4-3-5-12(20)17-11/h6,8,11-12,17H,2-5,7,9H2,1H3,(H,18,22)(H,19,21,23). The maximum atomic E-state index is 12.5. The first-order chi connectivity index (χ1) is 12.1. The predicted molar refractivity (Wildman–Crippen MR) is 93.6 cm³/mol. The Hall–Kier alpha value is -1.97. The Labute approximate surface area is 149 Å². The van der Waals surface area contributed by atoms with Gasteiger partial charge in [-0.25, -0.2) is 4.79 Å². The van der Waals surface area contributed by atoms with Gasteiger partial charge in [-0.3, -0.25) is 25.1 Å². The van der Waals surface area contributed by atoms with Crippen molar-refractivity contribution in [3.05, 3.63) is 17.0 Å². The number of amides is 3. The second-order valence-electron chi connectivity index (χ2n) is 6.05. The smallest absolute Gasteiger partial charge is 0.414 e. The first kappa shape index (κ1) is 17.8. The highest BCUT2D eigenvalue weighted by molar-refractivity contribution is 7.14. The minimum atomic E-state index is -0.801. The Morgan fingerprint density at radius 1 is 1.40 bits per heavy atom. The third kappa shape index (κ3) is 4.17. The molecule has 3 rings (SSSR count). The topological polar surface area (TPSA) is 99.8 Å². The Kier molecular flexibility index (Phi) is 5.67. The van der Waals surface area contributed by atoms with E-state index in [1.165, 1.54) is 17.8 Å². The van der Waals surface area contributed by atoms with Crippen molar-refractivity contribution in [1.29, 1.82) is 0 Å². The molecule has 0 aliphatic carbocycles. The van der Waals surface area contributed by atoms with Crippen LogP contribution in [-0.4, -0.2) is 54.7 Å². The monoisotopic (exact) mass is 366 g/mol. The van der Waals surface area contributed by atoms with Crippen LogP contribution in [0.1, 0.15) is 36.5 Å². The van der Waals surface area contributed by atoms with Gasteiger partial charge in [0, 0.05) is 6.54 Å². The lowest BCUT2D eigenvalue weighted by atomic mass is 10.1. The molecule has 8 nitrogen and oxygen atoms in total. The van der Waals surface area contributed by atoms with E-state index in [0.29, 0.717) is 11.5 Å². The van der Waals surface area contributed by atoms with Gasteiger partial charge in [-0.1, -0.05) is 0 Å².